The second-order valence-electron chi connectivity index (χ2n) is 4.39. The van der Waals surface area contributed by atoms with Crippen LogP contribution in [0.2, 0.25) is 10.0 Å². The molecule has 1 aromatic carbocycles. The monoisotopic (exact) mass is 260 g/mol. The van der Waals surface area contributed by atoms with Gasteiger partial charge in [-0.05, 0) is 42.5 Å². The number of benzene rings is 1. The molecule has 4 heteroatoms. The molecule has 0 saturated carbocycles. The van der Waals surface area contributed by atoms with Crippen LogP contribution in [-0.4, -0.2) is 0 Å². The fourth-order valence-electron chi connectivity index (χ4n) is 1.62. The van der Waals surface area contributed by atoms with Gasteiger partial charge in [-0.25, -0.2) is 0 Å². The van der Waals surface area contributed by atoms with Crippen LogP contribution in [0.25, 0.3) is 0 Å². The summed E-state index contributed by atoms with van der Waals surface area (Å²) in [5.74, 6) is 6.21. The lowest BCUT2D eigenvalue weighted by Gasteiger charge is -2.18. The predicted octanol–water partition coefficient (Wildman–Crippen LogP) is 3.93. The summed E-state index contributed by atoms with van der Waals surface area (Å²) in [6, 6.07) is 5.64. The maximum absolute atomic E-state index is 5.96. The Morgan fingerprint density at radius 1 is 1.12 bits per heavy atom. The van der Waals surface area contributed by atoms with Gasteiger partial charge in [-0.1, -0.05) is 37.0 Å². The van der Waals surface area contributed by atoms with Gasteiger partial charge in [0.15, 0.2) is 0 Å². The molecule has 0 aromatic heterocycles. The van der Waals surface area contributed by atoms with Crippen LogP contribution < -0.4 is 11.3 Å². The largest absolute Gasteiger partial charge is 0.271 e. The molecule has 0 amide bonds. The van der Waals surface area contributed by atoms with Gasteiger partial charge in [0.1, 0.15) is 0 Å². The first kappa shape index (κ1) is 13.8. The zero-order valence-electron chi connectivity index (χ0n) is 9.63. The quantitative estimate of drug-likeness (QED) is 0.622. The highest BCUT2D eigenvalue weighted by Gasteiger charge is 2.11. The number of hydrogen-bond acceptors (Lipinski definition) is 2. The summed E-state index contributed by atoms with van der Waals surface area (Å²) in [6.07, 6.45) is 2.09. The van der Waals surface area contributed by atoms with Gasteiger partial charge in [-0.15, -0.1) is 0 Å². The van der Waals surface area contributed by atoms with Crippen LogP contribution in [0.4, 0.5) is 0 Å². The molecule has 1 rings (SSSR count). The highest BCUT2D eigenvalue weighted by atomic mass is 35.5. The van der Waals surface area contributed by atoms with Crippen molar-refractivity contribution in [3.8, 4) is 0 Å². The second kappa shape index (κ2) is 6.45. The predicted molar refractivity (Wildman–Crippen MR) is 70.6 cm³/mol. The topological polar surface area (TPSA) is 38.0 Å². The number of nitrogens with one attached hydrogen (secondary N) is 1. The molecular formula is C12H18Cl2N2. The third-order valence-electron chi connectivity index (χ3n) is 2.52. The fourth-order valence-corrected chi connectivity index (χ4v) is 2.17. The van der Waals surface area contributed by atoms with Crippen LogP contribution >= 0.6 is 23.2 Å². The van der Waals surface area contributed by atoms with E-state index in [1.165, 1.54) is 0 Å². The molecule has 1 aromatic rings. The normalized spacial score (nSPS) is 13.1. The van der Waals surface area contributed by atoms with Crippen molar-refractivity contribution < 1.29 is 0 Å². The average molecular weight is 261 g/mol. The van der Waals surface area contributed by atoms with Crippen LogP contribution in [-0.2, 0) is 0 Å². The van der Waals surface area contributed by atoms with Crippen LogP contribution in [0, 0.1) is 5.92 Å². The van der Waals surface area contributed by atoms with E-state index in [-0.39, 0.29) is 6.04 Å². The van der Waals surface area contributed by atoms with Gasteiger partial charge >= 0.3 is 0 Å². The molecule has 0 saturated heterocycles. The van der Waals surface area contributed by atoms with E-state index in [4.69, 9.17) is 29.0 Å². The van der Waals surface area contributed by atoms with Gasteiger partial charge in [0.2, 0.25) is 0 Å². The summed E-state index contributed by atoms with van der Waals surface area (Å²) in [5.41, 5.74) is 3.85. The third-order valence-corrected chi connectivity index (χ3v) is 2.96. The second-order valence-corrected chi connectivity index (χ2v) is 5.27. The van der Waals surface area contributed by atoms with Crippen molar-refractivity contribution in [1.29, 1.82) is 0 Å². The molecule has 0 spiro atoms. The molecule has 90 valence electrons. The van der Waals surface area contributed by atoms with Crippen LogP contribution in [0.15, 0.2) is 18.2 Å². The molecule has 1 unspecified atom stereocenters. The van der Waals surface area contributed by atoms with Gasteiger partial charge in [0.05, 0.1) is 0 Å². The minimum absolute atomic E-state index is 0.110. The summed E-state index contributed by atoms with van der Waals surface area (Å²) < 4.78 is 0. The third kappa shape index (κ3) is 4.30. The highest BCUT2D eigenvalue weighted by molar-refractivity contribution is 6.34. The van der Waals surface area contributed by atoms with E-state index in [1.54, 1.807) is 6.07 Å². The molecule has 0 bridgehead atoms. The summed E-state index contributed by atoms with van der Waals surface area (Å²) in [4.78, 5) is 0. The molecule has 0 fully saturated rings. The molecule has 1 atom stereocenters. The van der Waals surface area contributed by atoms with E-state index in [0.29, 0.717) is 16.0 Å². The maximum atomic E-state index is 5.96. The van der Waals surface area contributed by atoms with Crippen molar-refractivity contribution in [3.05, 3.63) is 33.8 Å². The smallest absolute Gasteiger partial charge is 0.0461 e. The van der Waals surface area contributed by atoms with Crippen molar-refractivity contribution in [2.45, 2.75) is 32.7 Å². The van der Waals surface area contributed by atoms with Crippen molar-refractivity contribution >= 4 is 23.2 Å². The Balaban J connectivity index is 2.78. The zero-order chi connectivity index (χ0) is 12.1. The Morgan fingerprint density at radius 3 is 2.12 bits per heavy atom. The molecule has 16 heavy (non-hydrogen) atoms. The minimum Gasteiger partial charge on any atom is -0.271 e. The summed E-state index contributed by atoms with van der Waals surface area (Å²) >= 11 is 11.9. The highest BCUT2D eigenvalue weighted by Crippen LogP contribution is 2.26. The first-order valence-electron chi connectivity index (χ1n) is 5.45. The van der Waals surface area contributed by atoms with Crippen molar-refractivity contribution in [1.82, 2.24) is 5.43 Å². The molecule has 2 nitrogen and oxygen atoms in total. The Labute approximate surface area is 107 Å². The van der Waals surface area contributed by atoms with E-state index in [9.17, 15) is 0 Å². The first-order chi connectivity index (χ1) is 7.52. The van der Waals surface area contributed by atoms with Crippen LogP contribution in [0.5, 0.6) is 0 Å². The number of nitrogens with two attached hydrogens (primary N) is 1. The summed E-state index contributed by atoms with van der Waals surface area (Å²) in [6.45, 7) is 4.39. The lowest BCUT2D eigenvalue weighted by Crippen LogP contribution is -2.28. The van der Waals surface area contributed by atoms with Crippen molar-refractivity contribution in [2.75, 3.05) is 0 Å². The van der Waals surface area contributed by atoms with Crippen LogP contribution in [0.1, 0.15) is 38.3 Å². The van der Waals surface area contributed by atoms with Gasteiger partial charge in [0, 0.05) is 16.1 Å². The fraction of sp³-hybridized carbons (Fsp3) is 0.500. The molecule has 0 aliphatic rings. The Morgan fingerprint density at radius 2 is 1.69 bits per heavy atom. The number of hydrazine groups is 1. The maximum Gasteiger partial charge on any atom is 0.0461 e. The molecular weight excluding hydrogens is 243 g/mol. The van der Waals surface area contributed by atoms with E-state index in [0.717, 1.165) is 18.4 Å². The summed E-state index contributed by atoms with van der Waals surface area (Å²) in [7, 11) is 0. The summed E-state index contributed by atoms with van der Waals surface area (Å²) in [5, 5.41) is 1.29. The molecule has 3 N–H and O–H groups in total. The standard InChI is InChI=1S/C12H18Cl2N2/c1-8(2)3-4-12(16-15)9-5-10(13)7-11(14)6-9/h5-8,12,16H,3-4,15H2,1-2H3. The Kier molecular flexibility index (Phi) is 5.56. The number of hydrogen-bond donors (Lipinski definition) is 2. The molecule has 0 aliphatic carbocycles. The van der Waals surface area contributed by atoms with Crippen molar-refractivity contribution in [2.24, 2.45) is 11.8 Å². The van der Waals surface area contributed by atoms with Crippen LogP contribution in [0.3, 0.4) is 0 Å². The lowest BCUT2D eigenvalue weighted by atomic mass is 9.98. The minimum atomic E-state index is 0.110. The van der Waals surface area contributed by atoms with E-state index < -0.39 is 0 Å². The average Bonchev–Trinajstić information content (AvgIpc) is 2.16. The Bertz CT molecular complexity index is 320. The van der Waals surface area contributed by atoms with Crippen molar-refractivity contribution in [3.63, 3.8) is 0 Å². The molecule has 0 radical (unpaired) electrons. The molecule has 0 aliphatic heterocycles. The van der Waals surface area contributed by atoms with E-state index >= 15 is 0 Å². The molecule has 0 heterocycles. The number of halogens is 2. The first-order valence-corrected chi connectivity index (χ1v) is 6.20. The van der Waals surface area contributed by atoms with E-state index in [2.05, 4.69) is 19.3 Å². The van der Waals surface area contributed by atoms with Gasteiger partial charge < -0.3 is 0 Å². The van der Waals surface area contributed by atoms with Gasteiger partial charge in [0.25, 0.3) is 0 Å². The van der Waals surface area contributed by atoms with Gasteiger partial charge in [-0.3, -0.25) is 11.3 Å². The zero-order valence-corrected chi connectivity index (χ0v) is 11.1. The SMILES string of the molecule is CC(C)CCC(NN)c1cc(Cl)cc(Cl)c1. The van der Waals surface area contributed by atoms with Gasteiger partial charge in [-0.2, -0.15) is 0 Å². The lowest BCUT2D eigenvalue weighted by molar-refractivity contribution is 0.448. The Hall–Kier alpha value is -0.280. The number of rotatable bonds is 5. The van der Waals surface area contributed by atoms with E-state index in [1.807, 2.05) is 12.1 Å².